The predicted molar refractivity (Wildman–Crippen MR) is 96.9 cm³/mol. The van der Waals surface area contributed by atoms with Gasteiger partial charge in [0.15, 0.2) is 0 Å². The van der Waals surface area contributed by atoms with Crippen molar-refractivity contribution in [3.8, 4) is 5.75 Å². The van der Waals surface area contributed by atoms with E-state index in [1.54, 1.807) is 4.90 Å². The van der Waals surface area contributed by atoms with Crippen LogP contribution in [0.2, 0.25) is 0 Å². The number of hydrogen-bond donors (Lipinski definition) is 2. The van der Waals surface area contributed by atoms with Crippen molar-refractivity contribution >= 4 is 6.09 Å². The van der Waals surface area contributed by atoms with E-state index in [2.05, 4.69) is 17.4 Å². The molecule has 140 valence electrons. The number of nitrogens with zero attached hydrogens (tertiary/aromatic N) is 1. The molecule has 6 heteroatoms. The minimum absolute atomic E-state index is 0.0293. The monoisotopic (exact) mass is 350 g/mol. The minimum atomic E-state index is -0.256. The molecule has 0 fully saturated rings. The summed E-state index contributed by atoms with van der Waals surface area (Å²) in [5, 5.41) is 12.2. The quantitative estimate of drug-likeness (QED) is 0.705. The third kappa shape index (κ3) is 4.86. The number of carbonyl (C=O) groups is 1. The Morgan fingerprint density at radius 3 is 2.84 bits per heavy atom. The molecule has 2 N–H and O–H groups in total. The van der Waals surface area contributed by atoms with E-state index in [-0.39, 0.29) is 18.7 Å². The molecule has 0 aromatic heterocycles. The zero-order valence-electron chi connectivity index (χ0n) is 15.5. The summed E-state index contributed by atoms with van der Waals surface area (Å²) in [6.07, 6.45) is 1.29. The zero-order valence-corrected chi connectivity index (χ0v) is 15.5. The molecule has 1 amide bonds. The predicted octanol–water partition coefficient (Wildman–Crippen LogP) is 2.63. The van der Waals surface area contributed by atoms with Gasteiger partial charge in [0.1, 0.15) is 5.75 Å². The molecule has 25 heavy (non-hydrogen) atoms. The summed E-state index contributed by atoms with van der Waals surface area (Å²) in [6, 6.07) is 4.22. The normalized spacial score (nSPS) is 16.5. The highest BCUT2D eigenvalue weighted by atomic mass is 16.6. The fourth-order valence-electron chi connectivity index (χ4n) is 3.21. The van der Waals surface area contributed by atoms with Crippen LogP contribution in [0.3, 0.4) is 0 Å². The molecule has 0 saturated carbocycles. The Balaban J connectivity index is 2.21. The van der Waals surface area contributed by atoms with Gasteiger partial charge in [-0.2, -0.15) is 0 Å². The smallest absolute Gasteiger partial charge is 0.410 e. The molecule has 1 atom stereocenters. The first kappa shape index (κ1) is 19.5. The van der Waals surface area contributed by atoms with Crippen LogP contribution in [-0.2, 0) is 17.7 Å². The van der Waals surface area contributed by atoms with Gasteiger partial charge in [-0.15, -0.1) is 0 Å². The van der Waals surface area contributed by atoms with Gasteiger partial charge < -0.3 is 24.8 Å². The maximum atomic E-state index is 12.1. The molecule has 1 aliphatic heterocycles. The van der Waals surface area contributed by atoms with Gasteiger partial charge in [0.05, 0.1) is 19.3 Å². The van der Waals surface area contributed by atoms with E-state index in [1.165, 1.54) is 5.56 Å². The Kier molecular flexibility index (Phi) is 7.52. The third-order valence-electron chi connectivity index (χ3n) is 4.49. The lowest BCUT2D eigenvalue weighted by atomic mass is 9.91. The molecule has 0 saturated heterocycles. The molecule has 2 rings (SSSR count). The summed E-state index contributed by atoms with van der Waals surface area (Å²) in [6.45, 7) is 9.14. The molecule has 0 spiro atoms. The van der Waals surface area contributed by atoms with Gasteiger partial charge in [-0.1, -0.05) is 6.07 Å². The SMILES string of the molecule is CCOC(=O)N1CCc2cc(CNCCCO)c(OCC)cc2C1C. The van der Waals surface area contributed by atoms with Crippen LogP contribution in [0.1, 0.15) is 49.9 Å². The second kappa shape index (κ2) is 9.63. The summed E-state index contributed by atoms with van der Waals surface area (Å²) < 4.78 is 11.0. The maximum Gasteiger partial charge on any atom is 0.410 e. The lowest BCUT2D eigenvalue weighted by Crippen LogP contribution is -2.39. The highest BCUT2D eigenvalue weighted by molar-refractivity contribution is 5.69. The molecule has 1 aliphatic rings. The zero-order chi connectivity index (χ0) is 18.2. The van der Waals surface area contributed by atoms with Crippen molar-refractivity contribution in [2.75, 3.05) is 32.9 Å². The van der Waals surface area contributed by atoms with Gasteiger partial charge in [0.25, 0.3) is 0 Å². The number of ether oxygens (including phenoxy) is 2. The van der Waals surface area contributed by atoms with Gasteiger partial charge in [0.2, 0.25) is 0 Å². The molecule has 0 radical (unpaired) electrons. The number of aliphatic hydroxyl groups excluding tert-OH is 1. The fourth-order valence-corrected chi connectivity index (χ4v) is 3.21. The number of nitrogens with one attached hydrogen (secondary N) is 1. The van der Waals surface area contributed by atoms with E-state index in [0.29, 0.717) is 26.3 Å². The lowest BCUT2D eigenvalue weighted by molar-refractivity contribution is 0.0900. The van der Waals surface area contributed by atoms with E-state index in [4.69, 9.17) is 14.6 Å². The number of hydrogen-bond acceptors (Lipinski definition) is 5. The van der Waals surface area contributed by atoms with Gasteiger partial charge in [-0.25, -0.2) is 4.79 Å². The molecule has 0 aliphatic carbocycles. The summed E-state index contributed by atoms with van der Waals surface area (Å²) >= 11 is 0. The average molecular weight is 350 g/mol. The van der Waals surface area contributed by atoms with Gasteiger partial charge >= 0.3 is 6.09 Å². The van der Waals surface area contributed by atoms with Crippen LogP contribution < -0.4 is 10.1 Å². The van der Waals surface area contributed by atoms with Crippen molar-refractivity contribution in [2.24, 2.45) is 0 Å². The first-order valence-electron chi connectivity index (χ1n) is 9.15. The van der Waals surface area contributed by atoms with Crippen molar-refractivity contribution in [3.05, 3.63) is 28.8 Å². The van der Waals surface area contributed by atoms with E-state index >= 15 is 0 Å². The Bertz CT molecular complexity index is 577. The Morgan fingerprint density at radius 2 is 2.16 bits per heavy atom. The second-order valence-electron chi connectivity index (χ2n) is 6.16. The first-order chi connectivity index (χ1) is 12.1. The first-order valence-corrected chi connectivity index (χ1v) is 9.15. The topological polar surface area (TPSA) is 71.0 Å². The molecule has 1 heterocycles. The van der Waals surface area contributed by atoms with Crippen LogP contribution in [0.4, 0.5) is 4.79 Å². The van der Waals surface area contributed by atoms with Crippen LogP contribution in [0.5, 0.6) is 5.75 Å². The molecule has 6 nitrogen and oxygen atoms in total. The number of benzene rings is 1. The van der Waals surface area contributed by atoms with Crippen molar-refractivity contribution in [2.45, 2.75) is 46.2 Å². The molecule has 0 bridgehead atoms. The van der Waals surface area contributed by atoms with Crippen LogP contribution in [0.15, 0.2) is 12.1 Å². The van der Waals surface area contributed by atoms with Gasteiger partial charge in [0, 0.05) is 25.3 Å². The lowest BCUT2D eigenvalue weighted by Gasteiger charge is -2.35. The van der Waals surface area contributed by atoms with Crippen molar-refractivity contribution in [3.63, 3.8) is 0 Å². The van der Waals surface area contributed by atoms with Crippen LogP contribution in [-0.4, -0.2) is 49.0 Å². The molecular formula is C19H30N2O4. The molecule has 1 unspecified atom stereocenters. The van der Waals surface area contributed by atoms with E-state index in [9.17, 15) is 4.79 Å². The summed E-state index contributed by atoms with van der Waals surface area (Å²) in [5.74, 6) is 0.857. The van der Waals surface area contributed by atoms with Crippen LogP contribution in [0.25, 0.3) is 0 Å². The summed E-state index contributed by atoms with van der Waals surface area (Å²) in [4.78, 5) is 13.9. The second-order valence-corrected chi connectivity index (χ2v) is 6.16. The number of amides is 1. The summed E-state index contributed by atoms with van der Waals surface area (Å²) in [7, 11) is 0. The van der Waals surface area contributed by atoms with E-state index in [1.807, 2.05) is 20.8 Å². The number of carbonyl (C=O) groups excluding carboxylic acids is 1. The maximum absolute atomic E-state index is 12.1. The molecular weight excluding hydrogens is 320 g/mol. The van der Waals surface area contributed by atoms with Gasteiger partial charge in [-0.05, 0) is 57.4 Å². The largest absolute Gasteiger partial charge is 0.494 e. The number of aliphatic hydroxyl groups is 1. The van der Waals surface area contributed by atoms with Crippen molar-refractivity contribution in [1.82, 2.24) is 10.2 Å². The molecule has 1 aromatic carbocycles. The van der Waals surface area contributed by atoms with Crippen LogP contribution in [0, 0.1) is 0 Å². The minimum Gasteiger partial charge on any atom is -0.494 e. The Hall–Kier alpha value is -1.79. The standard InChI is InChI=1S/C19H30N2O4/c1-4-24-18-12-17-14(3)21(19(23)25-5-2)9-7-15(17)11-16(18)13-20-8-6-10-22/h11-12,14,20,22H,4-10,13H2,1-3H3. The number of rotatable bonds is 8. The fraction of sp³-hybridized carbons (Fsp3) is 0.632. The highest BCUT2D eigenvalue weighted by Gasteiger charge is 2.29. The third-order valence-corrected chi connectivity index (χ3v) is 4.49. The Labute approximate surface area is 150 Å². The Morgan fingerprint density at radius 1 is 1.36 bits per heavy atom. The highest BCUT2D eigenvalue weighted by Crippen LogP contribution is 2.35. The molecule has 1 aromatic rings. The van der Waals surface area contributed by atoms with Crippen molar-refractivity contribution < 1.29 is 19.4 Å². The summed E-state index contributed by atoms with van der Waals surface area (Å²) in [5.41, 5.74) is 3.51. The average Bonchev–Trinajstić information content (AvgIpc) is 2.60. The number of fused-ring (bicyclic) bond motifs is 1. The van der Waals surface area contributed by atoms with Crippen molar-refractivity contribution in [1.29, 1.82) is 0 Å². The van der Waals surface area contributed by atoms with Crippen LogP contribution >= 0.6 is 0 Å². The van der Waals surface area contributed by atoms with Gasteiger partial charge in [-0.3, -0.25) is 0 Å². The van der Waals surface area contributed by atoms with E-state index < -0.39 is 0 Å². The van der Waals surface area contributed by atoms with E-state index in [0.717, 1.165) is 36.3 Å².